The molecule has 1 aromatic carbocycles. The molecule has 0 aliphatic rings. The average Bonchev–Trinajstić information content (AvgIpc) is 2.92. The van der Waals surface area contributed by atoms with Crippen molar-refractivity contribution < 1.29 is 27.2 Å². The summed E-state index contributed by atoms with van der Waals surface area (Å²) < 4.78 is 41.8. The second-order valence-electron chi connectivity index (χ2n) is 4.44. The molecule has 0 radical (unpaired) electrons. The number of carbonyl (C=O) groups excluding carboxylic acids is 2. The van der Waals surface area contributed by atoms with Gasteiger partial charge in [0.1, 0.15) is 0 Å². The monoisotopic (exact) mass is 390 g/mol. The van der Waals surface area contributed by atoms with E-state index < -0.39 is 18.0 Å². The van der Waals surface area contributed by atoms with Gasteiger partial charge in [-0.05, 0) is 45.8 Å². The Bertz CT molecular complexity index is 711. The second-order valence-corrected chi connectivity index (χ2v) is 5.22. The predicted molar refractivity (Wildman–Crippen MR) is 78.7 cm³/mol. The summed E-state index contributed by atoms with van der Waals surface area (Å²) >= 11 is 3.08. The highest BCUT2D eigenvalue weighted by Crippen LogP contribution is 2.18. The lowest BCUT2D eigenvalue weighted by Gasteiger charge is -2.09. The topological polar surface area (TPSA) is 71.3 Å². The van der Waals surface area contributed by atoms with Gasteiger partial charge in [0.15, 0.2) is 10.4 Å². The second kappa shape index (κ2) is 6.86. The first-order chi connectivity index (χ1) is 10.8. The lowest BCUT2D eigenvalue weighted by atomic mass is 10.2. The van der Waals surface area contributed by atoms with Gasteiger partial charge in [-0.3, -0.25) is 9.59 Å². The van der Waals surface area contributed by atoms with E-state index in [1.807, 2.05) is 0 Å². The van der Waals surface area contributed by atoms with E-state index >= 15 is 0 Å². The molecule has 0 bridgehead atoms. The maximum atomic E-state index is 12.1. The molecular formula is C14H10BrF3N2O3. The van der Waals surface area contributed by atoms with Crippen molar-refractivity contribution in [2.24, 2.45) is 0 Å². The van der Waals surface area contributed by atoms with E-state index in [0.29, 0.717) is 10.2 Å². The Morgan fingerprint density at radius 3 is 2.26 bits per heavy atom. The largest absolute Gasteiger partial charge is 0.471 e. The van der Waals surface area contributed by atoms with E-state index in [2.05, 4.69) is 21.2 Å². The lowest BCUT2D eigenvalue weighted by Crippen LogP contribution is -2.29. The van der Waals surface area contributed by atoms with Gasteiger partial charge in [-0.2, -0.15) is 13.2 Å². The number of rotatable bonds is 4. The van der Waals surface area contributed by atoms with Crippen molar-refractivity contribution in [3.63, 3.8) is 0 Å². The van der Waals surface area contributed by atoms with E-state index in [1.54, 1.807) is 11.4 Å². The van der Waals surface area contributed by atoms with Crippen LogP contribution >= 0.6 is 15.9 Å². The first kappa shape index (κ1) is 17.1. The number of benzene rings is 1. The highest BCUT2D eigenvalue weighted by molar-refractivity contribution is 9.10. The van der Waals surface area contributed by atoms with Crippen LogP contribution in [0.2, 0.25) is 0 Å². The smallest absolute Gasteiger partial charge is 0.444 e. The standard InChI is InChI=1S/C14H10BrF3N2O3/c15-11-6-5-10(23-11)12(21)19-7-8-1-3-9(4-2-8)20-13(22)14(16,17)18/h1-6H,7H2,(H,19,21)(H,20,22). The molecule has 0 aliphatic heterocycles. The minimum atomic E-state index is -4.94. The zero-order valence-electron chi connectivity index (χ0n) is 11.4. The summed E-state index contributed by atoms with van der Waals surface area (Å²) in [5.41, 5.74) is 0.659. The Balaban J connectivity index is 1.90. The number of hydrogen-bond acceptors (Lipinski definition) is 3. The molecule has 5 nitrogen and oxygen atoms in total. The quantitative estimate of drug-likeness (QED) is 0.839. The van der Waals surface area contributed by atoms with Crippen molar-refractivity contribution >= 4 is 33.4 Å². The third-order valence-corrected chi connectivity index (χ3v) is 3.15. The van der Waals surface area contributed by atoms with Gasteiger partial charge in [0, 0.05) is 12.2 Å². The molecule has 0 fully saturated rings. The molecule has 0 unspecified atom stereocenters. The van der Waals surface area contributed by atoms with Crippen LogP contribution in [-0.2, 0) is 11.3 Å². The van der Waals surface area contributed by atoms with Gasteiger partial charge in [0.2, 0.25) is 0 Å². The molecule has 2 aromatic rings. The third kappa shape index (κ3) is 4.85. The van der Waals surface area contributed by atoms with Crippen LogP contribution in [0.15, 0.2) is 45.5 Å². The maximum absolute atomic E-state index is 12.1. The first-order valence-corrected chi connectivity index (χ1v) is 7.05. The molecule has 0 saturated carbocycles. The van der Waals surface area contributed by atoms with Crippen LogP contribution in [0, 0.1) is 0 Å². The SMILES string of the molecule is O=C(NCc1ccc(NC(=O)C(F)(F)F)cc1)c1ccc(Br)o1. The van der Waals surface area contributed by atoms with Crippen LogP contribution in [-0.4, -0.2) is 18.0 Å². The van der Waals surface area contributed by atoms with Gasteiger partial charge in [0.25, 0.3) is 5.91 Å². The minimum Gasteiger partial charge on any atom is -0.444 e. The third-order valence-electron chi connectivity index (χ3n) is 2.72. The molecule has 9 heteroatoms. The summed E-state index contributed by atoms with van der Waals surface area (Å²) in [6.07, 6.45) is -4.94. The number of carbonyl (C=O) groups is 2. The number of nitrogens with one attached hydrogen (secondary N) is 2. The van der Waals surface area contributed by atoms with Crippen LogP contribution in [0.5, 0.6) is 0 Å². The first-order valence-electron chi connectivity index (χ1n) is 6.26. The maximum Gasteiger partial charge on any atom is 0.471 e. The van der Waals surface area contributed by atoms with Crippen LogP contribution < -0.4 is 10.6 Å². The lowest BCUT2D eigenvalue weighted by molar-refractivity contribution is -0.167. The van der Waals surface area contributed by atoms with E-state index in [1.165, 1.54) is 30.3 Å². The summed E-state index contributed by atoms with van der Waals surface area (Å²) in [6.45, 7) is 0.157. The summed E-state index contributed by atoms with van der Waals surface area (Å²) in [4.78, 5) is 22.5. The van der Waals surface area contributed by atoms with Crippen molar-refractivity contribution in [1.82, 2.24) is 5.32 Å². The van der Waals surface area contributed by atoms with Gasteiger partial charge in [0.05, 0.1) is 0 Å². The van der Waals surface area contributed by atoms with Crippen LogP contribution in [0.3, 0.4) is 0 Å². The zero-order valence-corrected chi connectivity index (χ0v) is 13.0. The van der Waals surface area contributed by atoms with Gasteiger partial charge in [-0.15, -0.1) is 0 Å². The van der Waals surface area contributed by atoms with Crippen LogP contribution in [0.25, 0.3) is 0 Å². The number of furan rings is 1. The molecule has 0 aliphatic carbocycles. The summed E-state index contributed by atoms with van der Waals surface area (Å²) in [6, 6.07) is 8.68. The molecular weight excluding hydrogens is 381 g/mol. The van der Waals surface area contributed by atoms with Crippen LogP contribution in [0.1, 0.15) is 16.1 Å². The fourth-order valence-corrected chi connectivity index (χ4v) is 1.92. The summed E-state index contributed by atoms with van der Waals surface area (Å²) in [5.74, 6) is -2.34. The number of hydrogen-bond donors (Lipinski definition) is 2. The number of halogens is 4. The molecule has 2 amide bonds. The van der Waals surface area contributed by atoms with Crippen molar-refractivity contribution in [1.29, 1.82) is 0 Å². The minimum absolute atomic E-state index is 0.0115. The van der Waals surface area contributed by atoms with E-state index in [9.17, 15) is 22.8 Å². The molecule has 2 rings (SSSR count). The Labute approximate surface area is 137 Å². The van der Waals surface area contributed by atoms with Crippen molar-refractivity contribution in [3.05, 3.63) is 52.4 Å². The van der Waals surface area contributed by atoms with Gasteiger partial charge in [-0.25, -0.2) is 0 Å². The molecule has 0 atom stereocenters. The van der Waals surface area contributed by atoms with E-state index in [0.717, 1.165) is 0 Å². The van der Waals surface area contributed by atoms with E-state index in [-0.39, 0.29) is 18.0 Å². The van der Waals surface area contributed by atoms with Crippen molar-refractivity contribution in [2.45, 2.75) is 12.7 Å². The summed E-state index contributed by atoms with van der Waals surface area (Å²) in [5, 5.41) is 4.32. The van der Waals surface area contributed by atoms with E-state index in [4.69, 9.17) is 4.42 Å². The van der Waals surface area contributed by atoms with Crippen LogP contribution in [0.4, 0.5) is 18.9 Å². The van der Waals surface area contributed by atoms with Gasteiger partial charge in [-0.1, -0.05) is 12.1 Å². The number of anilines is 1. The Kier molecular flexibility index (Phi) is 5.09. The Hall–Kier alpha value is -2.29. The predicted octanol–water partition coefficient (Wildman–Crippen LogP) is 3.47. The fraction of sp³-hybridized carbons (Fsp3) is 0.143. The molecule has 1 heterocycles. The molecule has 23 heavy (non-hydrogen) atoms. The van der Waals surface area contributed by atoms with Crippen molar-refractivity contribution in [2.75, 3.05) is 5.32 Å². The average molecular weight is 391 g/mol. The molecule has 0 spiro atoms. The highest BCUT2D eigenvalue weighted by Gasteiger charge is 2.38. The zero-order chi connectivity index (χ0) is 17.0. The molecule has 2 N–H and O–H groups in total. The van der Waals surface area contributed by atoms with Gasteiger partial charge < -0.3 is 15.1 Å². The Morgan fingerprint density at radius 1 is 1.09 bits per heavy atom. The molecule has 0 saturated heterocycles. The highest BCUT2D eigenvalue weighted by atomic mass is 79.9. The molecule has 1 aromatic heterocycles. The normalized spacial score (nSPS) is 11.1. The fourth-order valence-electron chi connectivity index (χ4n) is 1.61. The number of alkyl halides is 3. The number of amides is 2. The summed E-state index contributed by atoms with van der Waals surface area (Å²) in [7, 11) is 0. The van der Waals surface area contributed by atoms with Crippen molar-refractivity contribution in [3.8, 4) is 0 Å². The van der Waals surface area contributed by atoms with Gasteiger partial charge >= 0.3 is 12.1 Å². The molecule has 122 valence electrons. The Morgan fingerprint density at radius 2 is 1.74 bits per heavy atom.